The van der Waals surface area contributed by atoms with E-state index in [4.69, 9.17) is 9.47 Å². The fourth-order valence-electron chi connectivity index (χ4n) is 2.52. The molecule has 2 aromatic rings. The molecule has 2 aliphatic heterocycles. The van der Waals surface area contributed by atoms with Crippen LogP contribution in [0.3, 0.4) is 0 Å². The molecule has 1 amide bonds. The van der Waals surface area contributed by atoms with Gasteiger partial charge in [-0.3, -0.25) is 9.69 Å². The van der Waals surface area contributed by atoms with Gasteiger partial charge in [-0.2, -0.15) is 10.1 Å². The summed E-state index contributed by atoms with van der Waals surface area (Å²) in [7, 11) is 1.59. The molecule has 1 atom stereocenters. The van der Waals surface area contributed by atoms with Gasteiger partial charge in [0.1, 0.15) is 11.5 Å². The van der Waals surface area contributed by atoms with Crippen molar-refractivity contribution < 1.29 is 14.3 Å². The number of aryl methyl sites for hydroxylation is 1. The van der Waals surface area contributed by atoms with E-state index in [1.54, 1.807) is 59.6 Å². The third-order valence-electron chi connectivity index (χ3n) is 3.77. The molecule has 25 heavy (non-hydrogen) atoms. The second-order valence-corrected chi connectivity index (χ2v) is 5.58. The zero-order valence-electron chi connectivity index (χ0n) is 13.7. The Morgan fingerprint density at radius 2 is 1.92 bits per heavy atom. The zero-order chi connectivity index (χ0) is 17.4. The number of benzene rings is 1. The van der Waals surface area contributed by atoms with E-state index < -0.39 is 12.1 Å². The lowest BCUT2D eigenvalue weighted by atomic mass is 10.3. The number of nitrogens with zero attached hydrogens (tertiary/aromatic N) is 5. The average molecular weight is 337 g/mol. The second-order valence-electron chi connectivity index (χ2n) is 5.58. The molecule has 126 valence electrons. The van der Waals surface area contributed by atoms with Crippen LogP contribution < -0.4 is 9.47 Å². The van der Waals surface area contributed by atoms with Crippen molar-refractivity contribution in [3.05, 3.63) is 48.4 Å². The Morgan fingerprint density at radius 1 is 1.16 bits per heavy atom. The molecule has 4 rings (SSSR count). The van der Waals surface area contributed by atoms with Crippen LogP contribution in [0.25, 0.3) is 5.70 Å². The number of allylic oxidation sites excluding steroid dienone is 1. The van der Waals surface area contributed by atoms with Crippen LogP contribution in [0, 0.1) is 6.92 Å². The number of hydrogen-bond donors (Lipinski definition) is 0. The van der Waals surface area contributed by atoms with Crippen molar-refractivity contribution in [2.75, 3.05) is 7.11 Å². The van der Waals surface area contributed by atoms with Gasteiger partial charge in [0.2, 0.25) is 5.96 Å². The summed E-state index contributed by atoms with van der Waals surface area (Å²) in [5.74, 6) is 1.14. The Kier molecular flexibility index (Phi) is 3.57. The monoisotopic (exact) mass is 337 g/mol. The molecule has 1 aromatic heterocycles. The molecule has 0 spiro atoms. The largest absolute Gasteiger partial charge is 0.497 e. The van der Waals surface area contributed by atoms with Gasteiger partial charge < -0.3 is 9.47 Å². The van der Waals surface area contributed by atoms with E-state index in [-0.39, 0.29) is 0 Å². The molecule has 0 radical (unpaired) electrons. The van der Waals surface area contributed by atoms with Crippen molar-refractivity contribution in [1.29, 1.82) is 0 Å². The van der Waals surface area contributed by atoms with Gasteiger partial charge in [-0.1, -0.05) is 0 Å². The van der Waals surface area contributed by atoms with Crippen molar-refractivity contribution in [3.63, 3.8) is 0 Å². The predicted octanol–water partition coefficient (Wildman–Crippen LogP) is 1.69. The highest BCUT2D eigenvalue weighted by atomic mass is 16.5. The molecule has 1 aromatic carbocycles. The summed E-state index contributed by atoms with van der Waals surface area (Å²) in [5, 5.41) is 4.25. The standard InChI is InChI=1S/C17H15N5O3/c1-11-7-19-22(9-11)12-8-18-17-20-15(23)16(21(17)10-12)25-14-5-3-13(24-2)4-6-14/h3-10,16H,1-2H3. The van der Waals surface area contributed by atoms with E-state index in [0.29, 0.717) is 23.2 Å². The van der Waals surface area contributed by atoms with Crippen molar-refractivity contribution in [3.8, 4) is 11.5 Å². The summed E-state index contributed by atoms with van der Waals surface area (Å²) in [6.07, 6.45) is 6.09. The lowest BCUT2D eigenvalue weighted by Gasteiger charge is -2.24. The average Bonchev–Trinajstić information content (AvgIpc) is 3.19. The van der Waals surface area contributed by atoms with E-state index in [9.17, 15) is 4.79 Å². The summed E-state index contributed by atoms with van der Waals surface area (Å²) in [6.45, 7) is 1.95. The number of carbonyl (C=O) groups is 1. The van der Waals surface area contributed by atoms with Gasteiger partial charge in [-0.15, -0.1) is 0 Å². The molecule has 0 bridgehead atoms. The SMILES string of the molecule is COc1ccc(OC2C(=O)N=C3N=CC(n4cc(C)cn4)=CN32)cc1. The molecule has 2 aliphatic rings. The third-order valence-corrected chi connectivity index (χ3v) is 3.77. The van der Waals surface area contributed by atoms with Crippen molar-refractivity contribution in [1.82, 2.24) is 14.7 Å². The van der Waals surface area contributed by atoms with Crippen LogP contribution >= 0.6 is 0 Å². The van der Waals surface area contributed by atoms with Crippen molar-refractivity contribution in [2.45, 2.75) is 13.2 Å². The number of carbonyl (C=O) groups excluding carboxylic acids is 1. The normalized spacial score (nSPS) is 18.7. The molecule has 1 unspecified atom stereocenters. The summed E-state index contributed by atoms with van der Waals surface area (Å²) >= 11 is 0. The van der Waals surface area contributed by atoms with Crippen molar-refractivity contribution in [2.24, 2.45) is 9.98 Å². The maximum Gasteiger partial charge on any atom is 0.312 e. The van der Waals surface area contributed by atoms with E-state index >= 15 is 0 Å². The van der Waals surface area contributed by atoms with Gasteiger partial charge >= 0.3 is 5.91 Å². The quantitative estimate of drug-likeness (QED) is 0.848. The summed E-state index contributed by atoms with van der Waals surface area (Å²) in [4.78, 5) is 22.0. The Morgan fingerprint density at radius 3 is 2.60 bits per heavy atom. The van der Waals surface area contributed by atoms with Crippen LogP contribution in [0.5, 0.6) is 11.5 Å². The van der Waals surface area contributed by atoms with Crippen LogP contribution in [-0.2, 0) is 4.79 Å². The van der Waals surface area contributed by atoms with Crippen LogP contribution in [0.4, 0.5) is 0 Å². The number of aliphatic imine (C=N–C) groups is 2. The van der Waals surface area contributed by atoms with E-state index in [0.717, 1.165) is 5.56 Å². The Hall–Kier alpha value is -3.42. The number of ether oxygens (including phenoxy) is 2. The molecule has 3 heterocycles. The summed E-state index contributed by atoms with van der Waals surface area (Å²) < 4.78 is 12.6. The fourth-order valence-corrected chi connectivity index (χ4v) is 2.52. The first-order chi connectivity index (χ1) is 12.1. The maximum atomic E-state index is 12.2. The zero-order valence-corrected chi connectivity index (χ0v) is 13.7. The Bertz CT molecular complexity index is 911. The van der Waals surface area contributed by atoms with Crippen LogP contribution in [-0.4, -0.2) is 46.1 Å². The first-order valence-corrected chi connectivity index (χ1v) is 7.63. The first kappa shape index (κ1) is 15.1. The number of aromatic nitrogens is 2. The van der Waals surface area contributed by atoms with Crippen LogP contribution in [0.1, 0.15) is 5.56 Å². The molecular formula is C17H15N5O3. The topological polar surface area (TPSA) is 81.3 Å². The van der Waals surface area contributed by atoms with Gasteiger partial charge in [0, 0.05) is 12.4 Å². The number of methoxy groups -OCH3 is 1. The molecule has 8 nitrogen and oxygen atoms in total. The minimum Gasteiger partial charge on any atom is -0.497 e. The highest BCUT2D eigenvalue weighted by Gasteiger charge is 2.37. The highest BCUT2D eigenvalue weighted by Crippen LogP contribution is 2.24. The predicted molar refractivity (Wildman–Crippen MR) is 91.4 cm³/mol. The third kappa shape index (κ3) is 2.78. The van der Waals surface area contributed by atoms with E-state index in [1.807, 2.05) is 13.1 Å². The van der Waals surface area contributed by atoms with Crippen molar-refractivity contribution >= 4 is 23.8 Å². The fraction of sp³-hybridized carbons (Fsp3) is 0.176. The molecule has 0 fully saturated rings. The Balaban J connectivity index is 1.59. The lowest BCUT2D eigenvalue weighted by molar-refractivity contribution is -0.126. The minimum absolute atomic E-state index is 0.302. The van der Waals surface area contributed by atoms with Gasteiger partial charge in [0.05, 0.1) is 25.2 Å². The van der Waals surface area contributed by atoms with Gasteiger partial charge in [0.25, 0.3) is 6.23 Å². The molecular weight excluding hydrogens is 322 g/mol. The number of hydrogen-bond acceptors (Lipinski definition) is 6. The van der Waals surface area contributed by atoms with Gasteiger partial charge in [-0.25, -0.2) is 9.67 Å². The number of rotatable bonds is 4. The van der Waals surface area contributed by atoms with Crippen LogP contribution in [0.15, 0.2) is 52.8 Å². The van der Waals surface area contributed by atoms with Gasteiger partial charge in [-0.05, 0) is 36.8 Å². The molecule has 8 heteroatoms. The van der Waals surface area contributed by atoms with Crippen LogP contribution in [0.2, 0.25) is 0 Å². The van der Waals surface area contributed by atoms with E-state index in [1.165, 1.54) is 0 Å². The van der Waals surface area contributed by atoms with E-state index in [2.05, 4.69) is 15.1 Å². The lowest BCUT2D eigenvalue weighted by Crippen LogP contribution is -2.39. The number of amides is 1. The number of fused-ring (bicyclic) bond motifs is 1. The second kappa shape index (κ2) is 5.90. The summed E-state index contributed by atoms with van der Waals surface area (Å²) in [6, 6.07) is 7.00. The molecule has 0 aliphatic carbocycles. The molecule has 0 N–H and O–H groups in total. The van der Waals surface area contributed by atoms with Gasteiger partial charge in [0.15, 0.2) is 0 Å². The first-order valence-electron chi connectivity index (χ1n) is 7.63. The summed E-state index contributed by atoms with van der Waals surface area (Å²) in [5.41, 5.74) is 1.74. The highest BCUT2D eigenvalue weighted by molar-refractivity contribution is 6.15. The number of guanidine groups is 1. The Labute approximate surface area is 143 Å². The molecule has 0 saturated heterocycles. The maximum absolute atomic E-state index is 12.2. The smallest absolute Gasteiger partial charge is 0.312 e. The molecule has 0 saturated carbocycles. The minimum atomic E-state index is -0.896.